The number of thiophene rings is 1. The molecule has 1 N–H and O–H groups in total. The van der Waals surface area contributed by atoms with Gasteiger partial charge in [0, 0.05) is 0 Å². The molecular weight excluding hydrogens is 316 g/mol. The van der Waals surface area contributed by atoms with Gasteiger partial charge in [-0.25, -0.2) is 4.79 Å². The Balaban J connectivity index is 2.00. The Labute approximate surface area is 137 Å². The number of nitrogens with zero attached hydrogens (tertiary/aromatic N) is 1. The number of rotatable bonds is 5. The van der Waals surface area contributed by atoms with Gasteiger partial charge in [0.25, 0.3) is 5.91 Å². The molecule has 0 saturated heterocycles. The fourth-order valence-electron chi connectivity index (χ4n) is 1.74. The lowest BCUT2D eigenvalue weighted by Crippen LogP contribution is -2.29. The summed E-state index contributed by atoms with van der Waals surface area (Å²) in [6.45, 7) is 1.47. The zero-order chi connectivity index (χ0) is 16.8. The van der Waals surface area contributed by atoms with Crippen LogP contribution in [-0.4, -0.2) is 25.1 Å². The first-order chi connectivity index (χ1) is 11.0. The van der Waals surface area contributed by atoms with E-state index in [4.69, 9.17) is 14.7 Å². The molecule has 0 aliphatic carbocycles. The zero-order valence-electron chi connectivity index (χ0n) is 12.5. The highest BCUT2D eigenvalue weighted by atomic mass is 32.1. The second-order valence-corrected chi connectivity index (χ2v) is 5.46. The quantitative estimate of drug-likeness (QED) is 0.852. The molecule has 0 spiro atoms. The molecule has 0 saturated carbocycles. The number of benzene rings is 1. The zero-order valence-corrected chi connectivity index (χ0v) is 13.3. The third kappa shape index (κ3) is 4.08. The van der Waals surface area contributed by atoms with Gasteiger partial charge >= 0.3 is 5.97 Å². The number of methoxy groups -OCH3 is 1. The maximum Gasteiger partial charge on any atom is 0.339 e. The topological polar surface area (TPSA) is 88.4 Å². The molecule has 0 aliphatic rings. The minimum Gasteiger partial charge on any atom is -0.497 e. The molecule has 1 unspecified atom stereocenters. The van der Waals surface area contributed by atoms with Crippen LogP contribution in [0.2, 0.25) is 0 Å². The van der Waals surface area contributed by atoms with Gasteiger partial charge in [0.05, 0.1) is 18.2 Å². The standard InChI is InChI=1S/C16H14N2O4S/c1-10(14(19)18-15-12(9-17)6-7-23-15)22-16(20)11-4-3-5-13(8-11)21-2/h3-8,10H,1-2H3,(H,18,19). The summed E-state index contributed by atoms with van der Waals surface area (Å²) in [4.78, 5) is 24.1. The number of carbonyl (C=O) groups is 2. The Morgan fingerprint density at radius 1 is 1.35 bits per heavy atom. The Morgan fingerprint density at radius 2 is 2.13 bits per heavy atom. The van der Waals surface area contributed by atoms with Gasteiger partial charge in [0.15, 0.2) is 6.10 Å². The summed E-state index contributed by atoms with van der Waals surface area (Å²) in [5.74, 6) is -0.604. The van der Waals surface area contributed by atoms with Crippen molar-refractivity contribution in [2.75, 3.05) is 12.4 Å². The molecule has 0 bridgehead atoms. The largest absolute Gasteiger partial charge is 0.497 e. The van der Waals surface area contributed by atoms with E-state index in [0.29, 0.717) is 16.3 Å². The number of carbonyl (C=O) groups excluding carboxylic acids is 2. The number of amides is 1. The molecule has 1 aromatic carbocycles. The van der Waals surface area contributed by atoms with Crippen LogP contribution >= 0.6 is 11.3 Å². The molecule has 6 nitrogen and oxygen atoms in total. The average Bonchev–Trinajstić information content (AvgIpc) is 3.01. The van der Waals surface area contributed by atoms with Crippen molar-refractivity contribution in [1.29, 1.82) is 5.26 Å². The predicted molar refractivity (Wildman–Crippen MR) is 85.5 cm³/mol. The summed E-state index contributed by atoms with van der Waals surface area (Å²) in [6.07, 6.45) is -0.998. The van der Waals surface area contributed by atoms with Crippen molar-refractivity contribution in [3.63, 3.8) is 0 Å². The fourth-order valence-corrected chi connectivity index (χ4v) is 2.48. The highest BCUT2D eigenvalue weighted by Gasteiger charge is 2.20. The van der Waals surface area contributed by atoms with Crippen molar-refractivity contribution in [3.8, 4) is 11.8 Å². The van der Waals surface area contributed by atoms with Crippen molar-refractivity contribution < 1.29 is 19.1 Å². The minimum atomic E-state index is -0.998. The lowest BCUT2D eigenvalue weighted by atomic mass is 10.2. The molecule has 1 heterocycles. The Morgan fingerprint density at radius 3 is 2.83 bits per heavy atom. The summed E-state index contributed by atoms with van der Waals surface area (Å²) >= 11 is 1.23. The third-order valence-corrected chi connectivity index (χ3v) is 3.81. The first-order valence-corrected chi connectivity index (χ1v) is 7.56. The predicted octanol–water partition coefficient (Wildman–Crippen LogP) is 2.81. The third-order valence-electron chi connectivity index (χ3n) is 2.98. The van der Waals surface area contributed by atoms with E-state index in [1.165, 1.54) is 31.4 Å². The van der Waals surface area contributed by atoms with Crippen LogP contribution in [0.4, 0.5) is 5.00 Å². The van der Waals surface area contributed by atoms with E-state index in [1.807, 2.05) is 6.07 Å². The maximum absolute atomic E-state index is 12.1. The molecule has 118 valence electrons. The second-order valence-electron chi connectivity index (χ2n) is 4.54. The second kappa shape index (κ2) is 7.42. The first-order valence-electron chi connectivity index (χ1n) is 6.68. The van der Waals surface area contributed by atoms with E-state index >= 15 is 0 Å². The summed E-state index contributed by atoms with van der Waals surface area (Å²) in [6, 6.07) is 10.0. The van der Waals surface area contributed by atoms with E-state index in [2.05, 4.69) is 5.32 Å². The van der Waals surface area contributed by atoms with E-state index < -0.39 is 18.0 Å². The smallest absolute Gasteiger partial charge is 0.339 e. The average molecular weight is 330 g/mol. The number of esters is 1. The molecule has 7 heteroatoms. The van der Waals surface area contributed by atoms with Gasteiger partial charge in [-0.05, 0) is 36.6 Å². The molecule has 1 amide bonds. The lowest BCUT2D eigenvalue weighted by Gasteiger charge is -2.13. The van der Waals surface area contributed by atoms with Crippen LogP contribution in [0.5, 0.6) is 5.75 Å². The van der Waals surface area contributed by atoms with Gasteiger partial charge in [0.1, 0.15) is 16.8 Å². The monoisotopic (exact) mass is 330 g/mol. The normalized spacial score (nSPS) is 11.2. The van der Waals surface area contributed by atoms with Gasteiger partial charge in [-0.15, -0.1) is 11.3 Å². The highest BCUT2D eigenvalue weighted by molar-refractivity contribution is 7.14. The van der Waals surface area contributed by atoms with Crippen LogP contribution in [0.1, 0.15) is 22.8 Å². The Kier molecular flexibility index (Phi) is 5.33. The lowest BCUT2D eigenvalue weighted by molar-refractivity contribution is -0.123. The van der Waals surface area contributed by atoms with E-state index in [9.17, 15) is 9.59 Å². The molecule has 1 atom stereocenters. The maximum atomic E-state index is 12.1. The SMILES string of the molecule is COc1cccc(C(=O)OC(C)C(=O)Nc2sccc2C#N)c1. The van der Waals surface area contributed by atoms with E-state index in [0.717, 1.165) is 0 Å². The molecule has 1 aromatic heterocycles. The van der Waals surface area contributed by atoms with Crippen molar-refractivity contribution in [1.82, 2.24) is 0 Å². The minimum absolute atomic E-state index is 0.290. The molecule has 2 aromatic rings. The van der Waals surface area contributed by atoms with Crippen LogP contribution in [-0.2, 0) is 9.53 Å². The number of nitrogens with one attached hydrogen (secondary N) is 1. The van der Waals surface area contributed by atoms with Crippen molar-refractivity contribution in [2.24, 2.45) is 0 Å². The first kappa shape index (κ1) is 16.5. The van der Waals surface area contributed by atoms with Gasteiger partial charge in [-0.2, -0.15) is 5.26 Å². The number of hydrogen-bond acceptors (Lipinski definition) is 6. The number of anilines is 1. The van der Waals surface area contributed by atoms with E-state index in [-0.39, 0.29) is 5.56 Å². The highest BCUT2D eigenvalue weighted by Crippen LogP contribution is 2.22. The van der Waals surface area contributed by atoms with Gasteiger partial charge < -0.3 is 14.8 Å². The number of nitriles is 1. The summed E-state index contributed by atoms with van der Waals surface area (Å²) in [5.41, 5.74) is 0.660. The number of hydrogen-bond donors (Lipinski definition) is 1. The molecule has 0 radical (unpaired) electrons. The van der Waals surface area contributed by atoms with E-state index in [1.54, 1.807) is 29.6 Å². The van der Waals surface area contributed by atoms with Crippen LogP contribution in [0.15, 0.2) is 35.7 Å². The van der Waals surface area contributed by atoms with Crippen molar-refractivity contribution in [3.05, 3.63) is 46.8 Å². The van der Waals surface area contributed by atoms with Gasteiger partial charge in [0.2, 0.25) is 0 Å². The van der Waals surface area contributed by atoms with Crippen LogP contribution in [0.25, 0.3) is 0 Å². The van der Waals surface area contributed by atoms with Crippen molar-refractivity contribution in [2.45, 2.75) is 13.0 Å². The van der Waals surface area contributed by atoms with Crippen LogP contribution < -0.4 is 10.1 Å². The summed E-state index contributed by atoms with van der Waals surface area (Å²) < 4.78 is 10.2. The van der Waals surface area contributed by atoms with Crippen molar-refractivity contribution >= 4 is 28.2 Å². The molecule has 2 rings (SSSR count). The fraction of sp³-hybridized carbons (Fsp3) is 0.188. The van der Waals surface area contributed by atoms with Gasteiger partial charge in [-0.1, -0.05) is 6.07 Å². The molecule has 0 aliphatic heterocycles. The van der Waals surface area contributed by atoms with Crippen LogP contribution in [0, 0.1) is 11.3 Å². The summed E-state index contributed by atoms with van der Waals surface area (Å²) in [5, 5.41) is 13.6. The Bertz CT molecular complexity index is 763. The Hall–Kier alpha value is -2.85. The van der Waals surface area contributed by atoms with Crippen LogP contribution in [0.3, 0.4) is 0 Å². The molecule has 0 fully saturated rings. The molecule has 23 heavy (non-hydrogen) atoms. The number of ether oxygens (including phenoxy) is 2. The van der Waals surface area contributed by atoms with Gasteiger partial charge in [-0.3, -0.25) is 4.79 Å². The molecular formula is C16H14N2O4S. The summed E-state index contributed by atoms with van der Waals surface area (Å²) in [7, 11) is 1.49.